The van der Waals surface area contributed by atoms with Crippen LogP contribution in [0.4, 0.5) is 0 Å². The molecule has 1 aromatic heterocycles. The first kappa shape index (κ1) is 16.7. The van der Waals surface area contributed by atoms with E-state index in [4.69, 9.17) is 4.74 Å². The molecule has 0 spiro atoms. The summed E-state index contributed by atoms with van der Waals surface area (Å²) in [6.07, 6.45) is 4.66. The third-order valence-corrected chi connectivity index (χ3v) is 5.39. The van der Waals surface area contributed by atoms with E-state index in [1.54, 1.807) is 0 Å². The molecule has 0 radical (unpaired) electrons. The van der Waals surface area contributed by atoms with Crippen LogP contribution in [-0.4, -0.2) is 19.0 Å². The average molecular weight is 343 g/mol. The Labute approximate surface area is 145 Å². The molecule has 24 heavy (non-hydrogen) atoms. The maximum absolute atomic E-state index is 12.6. The first-order valence-electron chi connectivity index (χ1n) is 8.20. The normalized spacial score (nSPS) is 14.5. The molecule has 0 saturated heterocycles. The first-order valence-corrected chi connectivity index (χ1v) is 9.08. The van der Waals surface area contributed by atoms with Gasteiger partial charge in [-0.1, -0.05) is 12.1 Å². The summed E-state index contributed by atoms with van der Waals surface area (Å²) >= 11 is 1.52. The van der Waals surface area contributed by atoms with Crippen LogP contribution in [0.15, 0.2) is 35.7 Å². The van der Waals surface area contributed by atoms with Gasteiger partial charge in [0.05, 0.1) is 19.6 Å². The molecule has 1 atom stereocenters. The van der Waals surface area contributed by atoms with Gasteiger partial charge in [-0.3, -0.25) is 9.59 Å². The predicted molar refractivity (Wildman–Crippen MR) is 94.2 cm³/mol. The molecule has 126 valence electrons. The summed E-state index contributed by atoms with van der Waals surface area (Å²) in [5.41, 5.74) is 3.28. The predicted octanol–water partition coefficient (Wildman–Crippen LogP) is 3.66. The number of rotatable bonds is 5. The number of carbonyl (C=O) groups excluding carboxylic acids is 2. The monoisotopic (exact) mass is 343 g/mol. The van der Waals surface area contributed by atoms with E-state index in [0.717, 1.165) is 17.7 Å². The summed E-state index contributed by atoms with van der Waals surface area (Å²) in [5.74, 6) is -0.482. The highest BCUT2D eigenvalue weighted by Gasteiger charge is 2.21. The zero-order chi connectivity index (χ0) is 16.9. The number of amides is 1. The van der Waals surface area contributed by atoms with Crippen molar-refractivity contribution in [1.29, 1.82) is 0 Å². The highest BCUT2D eigenvalue weighted by atomic mass is 32.1. The maximum Gasteiger partial charge on any atom is 0.307 e. The highest BCUT2D eigenvalue weighted by molar-refractivity contribution is 7.10. The second-order valence-electron chi connectivity index (χ2n) is 6.01. The van der Waals surface area contributed by atoms with E-state index in [2.05, 4.69) is 11.4 Å². The van der Waals surface area contributed by atoms with Gasteiger partial charge in [-0.2, -0.15) is 0 Å². The van der Waals surface area contributed by atoms with Crippen molar-refractivity contribution in [2.75, 3.05) is 7.11 Å². The topological polar surface area (TPSA) is 55.4 Å². The van der Waals surface area contributed by atoms with E-state index < -0.39 is 0 Å². The molecule has 1 N–H and O–H groups in total. The standard InChI is InChI=1S/C19H21NO3S/c1-23-18(21)12-16(17-7-4-10-24-17)20-19(22)15-9-8-13-5-2-3-6-14(13)11-15/h4,7-11,16H,2-3,5-6,12H2,1H3,(H,20,22). The van der Waals surface area contributed by atoms with Crippen LogP contribution in [-0.2, 0) is 22.4 Å². The largest absolute Gasteiger partial charge is 0.469 e. The van der Waals surface area contributed by atoms with E-state index >= 15 is 0 Å². The van der Waals surface area contributed by atoms with Gasteiger partial charge in [-0.15, -0.1) is 11.3 Å². The fourth-order valence-corrected chi connectivity index (χ4v) is 3.86. The zero-order valence-electron chi connectivity index (χ0n) is 13.7. The van der Waals surface area contributed by atoms with Crippen molar-refractivity contribution >= 4 is 23.2 Å². The molecule has 1 unspecified atom stereocenters. The van der Waals surface area contributed by atoms with E-state index in [1.165, 1.54) is 42.4 Å². The Hall–Kier alpha value is -2.14. The van der Waals surface area contributed by atoms with Crippen molar-refractivity contribution in [2.24, 2.45) is 0 Å². The summed E-state index contributed by atoms with van der Waals surface area (Å²) in [6, 6.07) is 9.40. The van der Waals surface area contributed by atoms with Gasteiger partial charge in [-0.05, 0) is 60.4 Å². The van der Waals surface area contributed by atoms with Crippen LogP contribution in [0.5, 0.6) is 0 Å². The number of thiophene rings is 1. The number of esters is 1. The van der Waals surface area contributed by atoms with Crippen molar-refractivity contribution in [1.82, 2.24) is 5.32 Å². The van der Waals surface area contributed by atoms with Crippen LogP contribution in [0.25, 0.3) is 0 Å². The Kier molecular flexibility index (Phi) is 5.30. The average Bonchev–Trinajstić information content (AvgIpc) is 3.15. The Morgan fingerprint density at radius 2 is 2.00 bits per heavy atom. The van der Waals surface area contributed by atoms with Gasteiger partial charge in [0, 0.05) is 10.4 Å². The fraction of sp³-hybridized carbons (Fsp3) is 0.368. The zero-order valence-corrected chi connectivity index (χ0v) is 14.5. The van der Waals surface area contributed by atoms with Gasteiger partial charge >= 0.3 is 5.97 Å². The van der Waals surface area contributed by atoms with Gasteiger partial charge in [-0.25, -0.2) is 0 Å². The second kappa shape index (κ2) is 7.62. The molecule has 0 aliphatic heterocycles. The van der Waals surface area contributed by atoms with E-state index in [9.17, 15) is 9.59 Å². The quantitative estimate of drug-likeness (QED) is 0.843. The number of hydrogen-bond acceptors (Lipinski definition) is 4. The summed E-state index contributed by atoms with van der Waals surface area (Å²) in [5, 5.41) is 4.91. The number of aryl methyl sites for hydroxylation is 2. The van der Waals surface area contributed by atoms with E-state index in [1.807, 2.05) is 29.6 Å². The van der Waals surface area contributed by atoms with Crippen molar-refractivity contribution < 1.29 is 14.3 Å². The number of benzene rings is 1. The lowest BCUT2D eigenvalue weighted by Gasteiger charge is -2.19. The molecule has 0 bridgehead atoms. The van der Waals surface area contributed by atoms with E-state index in [-0.39, 0.29) is 24.3 Å². The number of fused-ring (bicyclic) bond motifs is 1. The molecule has 0 fully saturated rings. The minimum Gasteiger partial charge on any atom is -0.469 e. The van der Waals surface area contributed by atoms with Gasteiger partial charge < -0.3 is 10.1 Å². The Morgan fingerprint density at radius 1 is 1.21 bits per heavy atom. The minimum absolute atomic E-state index is 0.133. The van der Waals surface area contributed by atoms with Crippen LogP contribution >= 0.6 is 11.3 Å². The van der Waals surface area contributed by atoms with E-state index in [0.29, 0.717) is 5.56 Å². The molecule has 1 amide bonds. The molecule has 1 aromatic carbocycles. The molecule has 0 saturated carbocycles. The summed E-state index contributed by atoms with van der Waals surface area (Å²) in [4.78, 5) is 25.3. The molecular weight excluding hydrogens is 322 g/mol. The number of nitrogens with one attached hydrogen (secondary N) is 1. The third-order valence-electron chi connectivity index (χ3n) is 4.40. The van der Waals surface area contributed by atoms with Gasteiger partial charge in [0.1, 0.15) is 0 Å². The van der Waals surface area contributed by atoms with Crippen molar-refractivity contribution in [2.45, 2.75) is 38.1 Å². The molecular formula is C19H21NO3S. The number of carbonyl (C=O) groups is 2. The van der Waals surface area contributed by atoms with Gasteiger partial charge in [0.15, 0.2) is 0 Å². The molecule has 5 heteroatoms. The molecule has 2 aromatic rings. The Bertz CT molecular complexity index is 724. The summed E-state index contributed by atoms with van der Waals surface area (Å²) in [6.45, 7) is 0. The van der Waals surface area contributed by atoms with Gasteiger partial charge in [0.25, 0.3) is 5.91 Å². The van der Waals surface area contributed by atoms with Crippen LogP contribution in [0.1, 0.15) is 51.7 Å². The van der Waals surface area contributed by atoms with Crippen molar-refractivity contribution in [3.8, 4) is 0 Å². The SMILES string of the molecule is COC(=O)CC(NC(=O)c1ccc2c(c1)CCCC2)c1cccs1. The summed E-state index contributed by atoms with van der Waals surface area (Å²) in [7, 11) is 1.36. The molecule has 3 rings (SSSR count). The number of ether oxygens (including phenoxy) is 1. The maximum atomic E-state index is 12.6. The summed E-state index contributed by atoms with van der Waals surface area (Å²) < 4.78 is 4.75. The second-order valence-corrected chi connectivity index (χ2v) is 6.99. The molecule has 4 nitrogen and oxygen atoms in total. The van der Waals surface area contributed by atoms with Crippen LogP contribution < -0.4 is 5.32 Å². The third kappa shape index (κ3) is 3.85. The van der Waals surface area contributed by atoms with Crippen LogP contribution in [0.3, 0.4) is 0 Å². The van der Waals surface area contributed by atoms with Crippen LogP contribution in [0, 0.1) is 0 Å². The lowest BCUT2D eigenvalue weighted by atomic mass is 9.90. The lowest BCUT2D eigenvalue weighted by Crippen LogP contribution is -2.30. The number of methoxy groups -OCH3 is 1. The lowest BCUT2D eigenvalue weighted by molar-refractivity contribution is -0.141. The smallest absolute Gasteiger partial charge is 0.307 e. The Balaban J connectivity index is 1.76. The highest BCUT2D eigenvalue weighted by Crippen LogP contribution is 2.25. The first-order chi connectivity index (χ1) is 11.7. The Morgan fingerprint density at radius 3 is 2.71 bits per heavy atom. The number of hydrogen-bond donors (Lipinski definition) is 1. The molecule has 1 heterocycles. The van der Waals surface area contributed by atoms with Crippen molar-refractivity contribution in [3.63, 3.8) is 0 Å². The molecule has 1 aliphatic rings. The minimum atomic E-state index is -0.360. The van der Waals surface area contributed by atoms with Crippen LogP contribution in [0.2, 0.25) is 0 Å². The van der Waals surface area contributed by atoms with Gasteiger partial charge in [0.2, 0.25) is 0 Å². The molecule has 1 aliphatic carbocycles. The van der Waals surface area contributed by atoms with Crippen molar-refractivity contribution in [3.05, 3.63) is 57.3 Å². The fourth-order valence-electron chi connectivity index (χ4n) is 3.08.